The van der Waals surface area contributed by atoms with Crippen LogP contribution in [0.5, 0.6) is 0 Å². The third kappa shape index (κ3) is 10.9. The number of thiazole rings is 1. The van der Waals surface area contributed by atoms with Crippen molar-refractivity contribution >= 4 is 34.9 Å². The number of ketones is 1. The van der Waals surface area contributed by atoms with Gasteiger partial charge in [0.2, 0.25) is 0 Å². The molecule has 2 N–H and O–H groups in total. The number of carbonyl (C=O) groups is 4. The van der Waals surface area contributed by atoms with Crippen LogP contribution in [0, 0.1) is 17.8 Å². The summed E-state index contributed by atoms with van der Waals surface area (Å²) in [4.78, 5) is 53.2. The zero-order valence-corrected chi connectivity index (χ0v) is 23.9. The lowest BCUT2D eigenvalue weighted by Gasteiger charge is -2.23. The van der Waals surface area contributed by atoms with Crippen LogP contribution in [0.25, 0.3) is 0 Å². The lowest BCUT2D eigenvalue weighted by atomic mass is 9.82. The fraction of sp³-hybridized carbons (Fsp3) is 0.621. The fourth-order valence-electron chi connectivity index (χ4n) is 4.75. The second-order valence-corrected chi connectivity index (χ2v) is 11.5. The molecule has 2 rings (SSSR count). The van der Waals surface area contributed by atoms with E-state index in [9.17, 15) is 19.2 Å². The van der Waals surface area contributed by atoms with Crippen LogP contribution >= 0.6 is 11.3 Å². The highest BCUT2D eigenvalue weighted by Gasteiger charge is 2.23. The van der Waals surface area contributed by atoms with Crippen molar-refractivity contribution in [3.05, 3.63) is 40.6 Å². The SMILES string of the molecule is C=C(NC(=O)c1csc(CC2CCCC(C(=O)CCCCCC(C)C)CCC2)n1)C(=O)NC(=C)C(=O)OC. The number of rotatable bonds is 14. The number of esters is 1. The Labute approximate surface area is 230 Å². The predicted molar refractivity (Wildman–Crippen MR) is 149 cm³/mol. The molecule has 210 valence electrons. The molecule has 0 unspecified atom stereocenters. The van der Waals surface area contributed by atoms with Gasteiger partial charge in [0.1, 0.15) is 17.2 Å². The number of hydrogen-bond donors (Lipinski definition) is 2. The van der Waals surface area contributed by atoms with Crippen LogP contribution in [0.15, 0.2) is 29.9 Å². The largest absolute Gasteiger partial charge is 0.464 e. The van der Waals surface area contributed by atoms with Gasteiger partial charge in [0, 0.05) is 24.1 Å². The molecule has 8 nitrogen and oxygen atoms in total. The summed E-state index contributed by atoms with van der Waals surface area (Å²) in [6.45, 7) is 11.4. The number of nitrogens with one attached hydrogen (secondary N) is 2. The van der Waals surface area contributed by atoms with Gasteiger partial charge in [-0.15, -0.1) is 11.3 Å². The molecular formula is C29H43N3O5S. The number of aromatic nitrogens is 1. The molecule has 1 fully saturated rings. The van der Waals surface area contributed by atoms with Crippen molar-refractivity contribution in [2.24, 2.45) is 17.8 Å². The van der Waals surface area contributed by atoms with Crippen molar-refractivity contribution in [2.75, 3.05) is 7.11 Å². The van der Waals surface area contributed by atoms with E-state index in [0.717, 1.165) is 75.1 Å². The average Bonchev–Trinajstić information content (AvgIpc) is 3.33. The normalized spacial score (nSPS) is 17.7. The van der Waals surface area contributed by atoms with Gasteiger partial charge in [-0.3, -0.25) is 14.4 Å². The van der Waals surface area contributed by atoms with Gasteiger partial charge in [0.15, 0.2) is 0 Å². The molecule has 0 spiro atoms. The number of nitrogens with zero attached hydrogens (tertiary/aromatic N) is 1. The van der Waals surface area contributed by atoms with Gasteiger partial charge in [-0.2, -0.15) is 0 Å². The van der Waals surface area contributed by atoms with Gasteiger partial charge >= 0.3 is 5.97 Å². The number of amides is 2. The number of hydrogen-bond acceptors (Lipinski definition) is 7. The maximum Gasteiger partial charge on any atom is 0.353 e. The molecule has 1 saturated carbocycles. The highest BCUT2D eigenvalue weighted by atomic mass is 32.1. The van der Waals surface area contributed by atoms with Crippen molar-refractivity contribution in [1.82, 2.24) is 15.6 Å². The molecule has 1 aromatic heterocycles. The van der Waals surface area contributed by atoms with E-state index in [2.05, 4.69) is 47.4 Å². The lowest BCUT2D eigenvalue weighted by Crippen LogP contribution is -2.35. The Hall–Kier alpha value is -2.81. The van der Waals surface area contributed by atoms with Gasteiger partial charge in [-0.1, -0.05) is 72.0 Å². The number of carbonyl (C=O) groups excluding carboxylic acids is 4. The molecule has 38 heavy (non-hydrogen) atoms. The minimum Gasteiger partial charge on any atom is -0.464 e. The first-order valence-electron chi connectivity index (χ1n) is 13.7. The van der Waals surface area contributed by atoms with E-state index in [-0.39, 0.29) is 23.0 Å². The Bertz CT molecular complexity index is 990. The highest BCUT2D eigenvalue weighted by Crippen LogP contribution is 2.30. The molecule has 1 aliphatic carbocycles. The smallest absolute Gasteiger partial charge is 0.353 e. The second kappa shape index (κ2) is 16.2. The van der Waals surface area contributed by atoms with E-state index in [1.165, 1.54) is 31.3 Å². The Balaban J connectivity index is 1.75. The van der Waals surface area contributed by atoms with Crippen LogP contribution in [0.3, 0.4) is 0 Å². The average molecular weight is 546 g/mol. The molecule has 1 heterocycles. The maximum absolute atomic E-state index is 12.7. The van der Waals surface area contributed by atoms with Crippen LogP contribution < -0.4 is 10.6 Å². The van der Waals surface area contributed by atoms with E-state index in [1.54, 1.807) is 5.38 Å². The minimum absolute atomic E-state index is 0.214. The van der Waals surface area contributed by atoms with E-state index < -0.39 is 17.8 Å². The third-order valence-corrected chi connectivity index (χ3v) is 7.84. The van der Waals surface area contributed by atoms with Crippen LogP contribution in [0.4, 0.5) is 0 Å². The number of Topliss-reactive ketones (excluding diaryl/α,β-unsaturated/α-hetero) is 1. The van der Waals surface area contributed by atoms with E-state index in [4.69, 9.17) is 0 Å². The van der Waals surface area contributed by atoms with Gasteiger partial charge < -0.3 is 15.4 Å². The summed E-state index contributed by atoms with van der Waals surface area (Å²) >= 11 is 1.43. The summed E-state index contributed by atoms with van der Waals surface area (Å²) in [6.07, 6.45) is 12.3. The van der Waals surface area contributed by atoms with Gasteiger partial charge in [-0.05, 0) is 31.1 Å². The van der Waals surface area contributed by atoms with Crippen LogP contribution in [-0.2, 0) is 25.5 Å². The summed E-state index contributed by atoms with van der Waals surface area (Å²) in [7, 11) is 1.17. The standard InChI is InChI=1S/C29H43N3O5S/c1-19(2)11-7-6-8-16-25(33)23-14-9-12-22(13-10-15-23)17-26-32-24(18-38-26)28(35)30-20(3)27(34)31-21(4)29(36)37-5/h18-19,22-23H,3-4,6-17H2,1-2,5H3,(H,30,35)(H,31,34). The summed E-state index contributed by atoms with van der Waals surface area (Å²) in [6, 6.07) is 0. The van der Waals surface area contributed by atoms with Crippen molar-refractivity contribution in [3.8, 4) is 0 Å². The lowest BCUT2D eigenvalue weighted by molar-refractivity contribution is -0.137. The van der Waals surface area contributed by atoms with Crippen LogP contribution in [-0.4, -0.2) is 35.7 Å². The van der Waals surface area contributed by atoms with E-state index in [0.29, 0.717) is 11.7 Å². The molecule has 0 aliphatic heterocycles. The molecule has 0 radical (unpaired) electrons. The third-order valence-electron chi connectivity index (χ3n) is 6.97. The quantitative estimate of drug-likeness (QED) is 0.181. The summed E-state index contributed by atoms with van der Waals surface area (Å²) in [5.41, 5.74) is -0.263. The Kier molecular flexibility index (Phi) is 13.4. The van der Waals surface area contributed by atoms with Crippen molar-refractivity contribution in [1.29, 1.82) is 0 Å². The molecule has 0 saturated heterocycles. The molecule has 2 amide bonds. The predicted octanol–water partition coefficient (Wildman–Crippen LogP) is 5.49. The Morgan fingerprint density at radius 3 is 2.34 bits per heavy atom. The molecule has 0 bridgehead atoms. The number of methoxy groups -OCH3 is 1. The first-order chi connectivity index (χ1) is 18.1. The van der Waals surface area contributed by atoms with Crippen LogP contribution in [0.2, 0.25) is 0 Å². The summed E-state index contributed by atoms with van der Waals surface area (Å²) in [5.74, 6) is -0.210. The Morgan fingerprint density at radius 1 is 1.03 bits per heavy atom. The highest BCUT2D eigenvalue weighted by molar-refractivity contribution is 7.09. The summed E-state index contributed by atoms with van der Waals surface area (Å²) in [5, 5.41) is 7.18. The molecule has 9 heteroatoms. The molecular weight excluding hydrogens is 502 g/mol. The number of ether oxygens (including phenoxy) is 1. The molecule has 0 aromatic carbocycles. The summed E-state index contributed by atoms with van der Waals surface area (Å²) < 4.78 is 4.47. The van der Waals surface area contributed by atoms with Gasteiger partial charge in [0.05, 0.1) is 17.8 Å². The fourth-order valence-corrected chi connectivity index (χ4v) is 5.64. The molecule has 1 aliphatic rings. The molecule has 0 atom stereocenters. The minimum atomic E-state index is -0.787. The zero-order chi connectivity index (χ0) is 28.1. The monoisotopic (exact) mass is 545 g/mol. The van der Waals surface area contributed by atoms with Crippen molar-refractivity contribution < 1.29 is 23.9 Å². The topological polar surface area (TPSA) is 114 Å². The second-order valence-electron chi connectivity index (χ2n) is 10.6. The first-order valence-corrected chi connectivity index (χ1v) is 14.5. The number of unbranched alkanes of at least 4 members (excludes halogenated alkanes) is 2. The zero-order valence-electron chi connectivity index (χ0n) is 23.1. The van der Waals surface area contributed by atoms with Crippen LogP contribution in [0.1, 0.15) is 100.0 Å². The Morgan fingerprint density at radius 2 is 1.71 bits per heavy atom. The maximum atomic E-state index is 12.7. The molecule has 1 aromatic rings. The van der Waals surface area contributed by atoms with Crippen molar-refractivity contribution in [3.63, 3.8) is 0 Å². The van der Waals surface area contributed by atoms with Gasteiger partial charge in [-0.25, -0.2) is 9.78 Å². The first kappa shape index (κ1) is 31.4. The van der Waals surface area contributed by atoms with Gasteiger partial charge in [0.25, 0.3) is 11.8 Å². The van der Waals surface area contributed by atoms with E-state index in [1.807, 2.05) is 0 Å². The van der Waals surface area contributed by atoms with Crippen molar-refractivity contribution in [2.45, 2.75) is 90.9 Å². The van der Waals surface area contributed by atoms with E-state index >= 15 is 0 Å².